The Kier molecular flexibility index (Phi) is 3.43. The number of hydrogen-bond donors (Lipinski definition) is 1. The van der Waals surface area contributed by atoms with E-state index < -0.39 is 11.7 Å². The highest BCUT2D eigenvalue weighted by atomic mass is 35.5. The molecule has 0 aromatic carbocycles. The van der Waals surface area contributed by atoms with Gasteiger partial charge in [-0.15, -0.1) is 0 Å². The lowest BCUT2D eigenvalue weighted by Gasteiger charge is -2.20. The molecule has 0 atom stereocenters. The van der Waals surface area contributed by atoms with Crippen LogP contribution in [0.3, 0.4) is 0 Å². The summed E-state index contributed by atoms with van der Waals surface area (Å²) in [5.74, 6) is 0.801. The number of aromatic nitrogens is 2. The van der Waals surface area contributed by atoms with Gasteiger partial charge in [0.1, 0.15) is 22.9 Å². The van der Waals surface area contributed by atoms with Gasteiger partial charge < -0.3 is 4.74 Å². The topological polar surface area (TPSA) is 64.1 Å². The second-order valence-electron chi connectivity index (χ2n) is 5.33. The van der Waals surface area contributed by atoms with Crippen LogP contribution in [-0.4, -0.2) is 21.7 Å². The van der Waals surface area contributed by atoms with Crippen molar-refractivity contribution >= 4 is 23.5 Å². The summed E-state index contributed by atoms with van der Waals surface area (Å²) < 4.78 is 5.18. The third-order valence-corrected chi connectivity index (χ3v) is 2.74. The summed E-state index contributed by atoms with van der Waals surface area (Å²) in [7, 11) is 0. The first-order chi connectivity index (χ1) is 8.37. The molecule has 98 valence electrons. The zero-order valence-corrected chi connectivity index (χ0v) is 11.4. The highest BCUT2D eigenvalue weighted by Gasteiger charge is 2.31. The van der Waals surface area contributed by atoms with Crippen molar-refractivity contribution in [3.8, 4) is 0 Å². The van der Waals surface area contributed by atoms with Crippen molar-refractivity contribution < 1.29 is 9.53 Å². The van der Waals surface area contributed by atoms with Gasteiger partial charge in [0.05, 0.1) is 0 Å². The molecule has 1 N–H and O–H groups in total. The van der Waals surface area contributed by atoms with Crippen LogP contribution in [0.15, 0.2) is 6.33 Å². The van der Waals surface area contributed by atoms with Crippen LogP contribution in [0.1, 0.15) is 45.1 Å². The number of ether oxygens (including phenoxy) is 1. The monoisotopic (exact) mass is 269 g/mol. The van der Waals surface area contributed by atoms with Crippen LogP contribution in [0, 0.1) is 0 Å². The summed E-state index contributed by atoms with van der Waals surface area (Å²) in [6, 6.07) is 0. The zero-order chi connectivity index (χ0) is 13.3. The van der Waals surface area contributed by atoms with Gasteiger partial charge in [0.25, 0.3) is 0 Å². The molecule has 0 saturated heterocycles. The molecule has 1 heterocycles. The van der Waals surface area contributed by atoms with E-state index in [4.69, 9.17) is 16.3 Å². The Hall–Kier alpha value is -1.36. The zero-order valence-electron chi connectivity index (χ0n) is 10.7. The summed E-state index contributed by atoms with van der Waals surface area (Å²) in [4.78, 5) is 19.7. The summed E-state index contributed by atoms with van der Waals surface area (Å²) in [6.45, 7) is 5.42. The lowest BCUT2D eigenvalue weighted by atomic mass is 10.2. The van der Waals surface area contributed by atoms with Gasteiger partial charge in [-0.2, -0.15) is 0 Å². The van der Waals surface area contributed by atoms with Crippen molar-refractivity contribution in [1.29, 1.82) is 0 Å². The Morgan fingerprint density at radius 1 is 1.44 bits per heavy atom. The van der Waals surface area contributed by atoms with Crippen LogP contribution in [0.4, 0.5) is 10.6 Å². The van der Waals surface area contributed by atoms with Crippen molar-refractivity contribution in [2.45, 2.75) is 45.1 Å². The van der Waals surface area contributed by atoms with Crippen LogP contribution >= 0.6 is 11.6 Å². The van der Waals surface area contributed by atoms with Gasteiger partial charge >= 0.3 is 6.09 Å². The van der Waals surface area contributed by atoms with E-state index in [1.54, 1.807) is 20.8 Å². The van der Waals surface area contributed by atoms with E-state index in [-0.39, 0.29) is 0 Å². The van der Waals surface area contributed by atoms with Gasteiger partial charge in [0.15, 0.2) is 0 Å². The molecular weight excluding hydrogens is 254 g/mol. The van der Waals surface area contributed by atoms with E-state index in [2.05, 4.69) is 15.3 Å². The normalized spacial score (nSPS) is 15.3. The number of halogens is 1. The van der Waals surface area contributed by atoms with E-state index >= 15 is 0 Å². The van der Waals surface area contributed by atoms with Gasteiger partial charge in [-0.3, -0.25) is 5.32 Å². The average molecular weight is 270 g/mol. The summed E-state index contributed by atoms with van der Waals surface area (Å²) in [5.41, 5.74) is 0.269. The number of nitrogens with zero attached hydrogens (tertiary/aromatic N) is 2. The highest BCUT2D eigenvalue weighted by Crippen LogP contribution is 2.45. The van der Waals surface area contributed by atoms with Crippen LogP contribution in [0.25, 0.3) is 0 Å². The number of amides is 1. The molecule has 1 saturated carbocycles. The highest BCUT2D eigenvalue weighted by molar-refractivity contribution is 6.30. The number of carbonyl (C=O) groups excluding carboxylic acids is 1. The molecule has 0 bridgehead atoms. The number of anilines is 1. The largest absolute Gasteiger partial charge is 0.444 e. The molecule has 0 aliphatic heterocycles. The molecule has 1 aliphatic carbocycles. The molecule has 5 nitrogen and oxygen atoms in total. The third kappa shape index (κ3) is 3.32. The predicted molar refractivity (Wildman–Crippen MR) is 68.9 cm³/mol. The summed E-state index contributed by atoms with van der Waals surface area (Å²) in [6.07, 6.45) is 2.91. The first-order valence-electron chi connectivity index (χ1n) is 5.87. The summed E-state index contributed by atoms with van der Waals surface area (Å²) in [5, 5.41) is 3.03. The van der Waals surface area contributed by atoms with E-state index in [9.17, 15) is 4.79 Å². The van der Waals surface area contributed by atoms with Crippen molar-refractivity contribution in [3.63, 3.8) is 0 Å². The minimum Gasteiger partial charge on any atom is -0.444 e. The predicted octanol–water partition coefficient (Wildman–Crippen LogP) is 3.35. The molecule has 1 aromatic rings. The second kappa shape index (κ2) is 4.72. The molecule has 1 fully saturated rings. The molecular formula is C12H16ClN3O2. The lowest BCUT2D eigenvalue weighted by Crippen LogP contribution is -2.27. The molecule has 1 amide bonds. The second-order valence-corrected chi connectivity index (χ2v) is 5.69. The quantitative estimate of drug-likeness (QED) is 0.836. The number of hydrogen-bond acceptors (Lipinski definition) is 4. The van der Waals surface area contributed by atoms with Crippen LogP contribution in [0.2, 0.25) is 5.15 Å². The van der Waals surface area contributed by atoms with Crippen molar-refractivity contribution in [1.82, 2.24) is 9.97 Å². The Balaban J connectivity index is 2.14. The van der Waals surface area contributed by atoms with Crippen LogP contribution in [-0.2, 0) is 4.74 Å². The van der Waals surface area contributed by atoms with Gasteiger partial charge in [-0.1, -0.05) is 11.6 Å². The molecule has 1 aliphatic rings. The Morgan fingerprint density at radius 3 is 2.67 bits per heavy atom. The van der Waals surface area contributed by atoms with E-state index in [0.717, 1.165) is 18.4 Å². The van der Waals surface area contributed by atoms with Crippen molar-refractivity contribution in [3.05, 3.63) is 17.0 Å². The van der Waals surface area contributed by atoms with E-state index in [1.807, 2.05) is 0 Å². The molecule has 6 heteroatoms. The van der Waals surface area contributed by atoms with Crippen LogP contribution in [0.5, 0.6) is 0 Å². The maximum atomic E-state index is 11.7. The van der Waals surface area contributed by atoms with Crippen molar-refractivity contribution in [2.24, 2.45) is 0 Å². The lowest BCUT2D eigenvalue weighted by molar-refractivity contribution is 0.0635. The fourth-order valence-corrected chi connectivity index (χ4v) is 1.90. The Bertz CT molecular complexity index is 467. The van der Waals surface area contributed by atoms with Gasteiger partial charge in [-0.05, 0) is 39.5 Å². The fraction of sp³-hybridized carbons (Fsp3) is 0.583. The minimum atomic E-state index is -0.541. The SMILES string of the molecule is CC(C)(C)OC(=O)Nc1ncnc(Cl)c1C1CC1. The standard InChI is InChI=1S/C12H16ClN3O2/c1-12(2,3)18-11(17)16-10-8(7-4-5-7)9(13)14-6-15-10/h6-7H,4-5H2,1-3H3,(H,14,15,16,17). The molecule has 18 heavy (non-hydrogen) atoms. The van der Waals surface area contributed by atoms with Crippen molar-refractivity contribution in [2.75, 3.05) is 5.32 Å². The number of rotatable bonds is 2. The Labute approximate surface area is 111 Å². The maximum Gasteiger partial charge on any atom is 0.413 e. The molecule has 2 rings (SSSR count). The molecule has 0 spiro atoms. The van der Waals surface area contributed by atoms with Gasteiger partial charge in [-0.25, -0.2) is 14.8 Å². The first kappa shape index (κ1) is 13.1. The third-order valence-electron chi connectivity index (χ3n) is 2.44. The van der Waals surface area contributed by atoms with Crippen LogP contribution < -0.4 is 5.32 Å². The average Bonchev–Trinajstić information content (AvgIpc) is 2.98. The maximum absolute atomic E-state index is 11.7. The Morgan fingerprint density at radius 2 is 2.11 bits per heavy atom. The van der Waals surface area contributed by atoms with E-state index in [1.165, 1.54) is 6.33 Å². The molecule has 1 aromatic heterocycles. The fourth-order valence-electron chi connectivity index (χ4n) is 1.61. The van der Waals surface area contributed by atoms with Gasteiger partial charge in [0.2, 0.25) is 0 Å². The number of carbonyl (C=O) groups is 1. The molecule has 0 unspecified atom stereocenters. The first-order valence-corrected chi connectivity index (χ1v) is 6.25. The van der Waals surface area contributed by atoms with E-state index in [0.29, 0.717) is 16.9 Å². The number of nitrogens with one attached hydrogen (secondary N) is 1. The summed E-state index contributed by atoms with van der Waals surface area (Å²) >= 11 is 6.04. The minimum absolute atomic E-state index is 0.351. The molecule has 0 radical (unpaired) electrons. The smallest absolute Gasteiger partial charge is 0.413 e. The van der Waals surface area contributed by atoms with Gasteiger partial charge in [0, 0.05) is 5.56 Å².